The van der Waals surface area contributed by atoms with Crippen molar-refractivity contribution in [3.63, 3.8) is 0 Å². The molecule has 2 aromatic carbocycles. The standard InChI is InChI=1S/C18H16BrN3O2/c1-2-15-14(11-20-16-10-12(19)8-9-17(16)23)18(24)22(21-15)13-6-4-3-5-7-13/h3-11,21,23H,2H2,1H3. The summed E-state index contributed by atoms with van der Waals surface area (Å²) in [6.45, 7) is 1.97. The van der Waals surface area contributed by atoms with Crippen LogP contribution in [0.5, 0.6) is 5.75 Å². The van der Waals surface area contributed by atoms with Gasteiger partial charge in [-0.1, -0.05) is 41.1 Å². The number of aromatic amines is 1. The lowest BCUT2D eigenvalue weighted by Crippen LogP contribution is -2.17. The van der Waals surface area contributed by atoms with Crippen molar-refractivity contribution in [3.05, 3.63) is 74.6 Å². The summed E-state index contributed by atoms with van der Waals surface area (Å²) < 4.78 is 2.31. The zero-order valence-electron chi connectivity index (χ0n) is 13.0. The summed E-state index contributed by atoms with van der Waals surface area (Å²) in [4.78, 5) is 17.0. The highest BCUT2D eigenvalue weighted by molar-refractivity contribution is 9.10. The number of nitrogens with zero attached hydrogens (tertiary/aromatic N) is 2. The van der Waals surface area contributed by atoms with E-state index in [1.165, 1.54) is 10.9 Å². The Balaban J connectivity index is 2.05. The van der Waals surface area contributed by atoms with Crippen LogP contribution in [0.3, 0.4) is 0 Å². The van der Waals surface area contributed by atoms with Gasteiger partial charge in [-0.25, -0.2) is 4.68 Å². The Hall–Kier alpha value is -2.60. The third-order valence-electron chi connectivity index (χ3n) is 3.64. The van der Waals surface area contributed by atoms with Gasteiger partial charge >= 0.3 is 0 Å². The van der Waals surface area contributed by atoms with Crippen molar-refractivity contribution in [3.8, 4) is 11.4 Å². The van der Waals surface area contributed by atoms with Gasteiger partial charge in [-0.2, -0.15) is 0 Å². The van der Waals surface area contributed by atoms with Crippen LogP contribution in [0.2, 0.25) is 0 Å². The lowest BCUT2D eigenvalue weighted by molar-refractivity contribution is 0.477. The number of aliphatic imine (C=N–C) groups is 1. The van der Waals surface area contributed by atoms with Crippen LogP contribution in [0, 0.1) is 0 Å². The molecular weight excluding hydrogens is 370 g/mol. The molecule has 6 heteroatoms. The molecule has 2 N–H and O–H groups in total. The van der Waals surface area contributed by atoms with Crippen LogP contribution in [-0.2, 0) is 6.42 Å². The van der Waals surface area contributed by atoms with Crippen LogP contribution in [0.4, 0.5) is 5.69 Å². The smallest absolute Gasteiger partial charge is 0.280 e. The Morgan fingerprint density at radius 1 is 1.25 bits per heavy atom. The van der Waals surface area contributed by atoms with E-state index in [1.54, 1.807) is 18.2 Å². The Bertz CT molecular complexity index is 943. The van der Waals surface area contributed by atoms with Gasteiger partial charge in [0.1, 0.15) is 11.4 Å². The number of hydrogen-bond acceptors (Lipinski definition) is 3. The predicted octanol–water partition coefficient (Wildman–Crippen LogP) is 3.95. The number of aromatic hydroxyl groups is 1. The summed E-state index contributed by atoms with van der Waals surface area (Å²) in [6.07, 6.45) is 2.17. The minimum Gasteiger partial charge on any atom is -0.506 e. The first-order valence-corrected chi connectivity index (χ1v) is 8.31. The second kappa shape index (κ2) is 6.88. The van der Waals surface area contributed by atoms with Crippen molar-refractivity contribution in [1.82, 2.24) is 9.78 Å². The molecular formula is C18H16BrN3O2. The lowest BCUT2D eigenvalue weighted by Gasteiger charge is -1.99. The van der Waals surface area contributed by atoms with Crippen LogP contribution in [0.15, 0.2) is 62.8 Å². The number of H-pyrrole nitrogens is 1. The van der Waals surface area contributed by atoms with Crippen molar-refractivity contribution in [1.29, 1.82) is 0 Å². The SMILES string of the molecule is CCc1[nH]n(-c2ccccc2)c(=O)c1C=Nc1cc(Br)ccc1O. The molecule has 122 valence electrons. The van der Waals surface area contributed by atoms with E-state index in [9.17, 15) is 9.90 Å². The highest BCUT2D eigenvalue weighted by Gasteiger charge is 2.12. The second-order valence-electron chi connectivity index (χ2n) is 5.22. The minimum absolute atomic E-state index is 0.0615. The first-order chi connectivity index (χ1) is 11.6. The quantitative estimate of drug-likeness (QED) is 0.667. The molecule has 0 aliphatic rings. The van der Waals surface area contributed by atoms with E-state index in [-0.39, 0.29) is 11.3 Å². The van der Waals surface area contributed by atoms with Gasteiger partial charge in [0, 0.05) is 16.4 Å². The minimum atomic E-state index is -0.170. The maximum atomic E-state index is 12.7. The van der Waals surface area contributed by atoms with Crippen molar-refractivity contribution in [2.75, 3.05) is 0 Å². The van der Waals surface area contributed by atoms with E-state index in [1.807, 2.05) is 37.3 Å². The van der Waals surface area contributed by atoms with Crippen LogP contribution < -0.4 is 5.56 Å². The zero-order chi connectivity index (χ0) is 17.1. The number of aromatic nitrogens is 2. The van der Waals surface area contributed by atoms with Gasteiger partial charge in [0.2, 0.25) is 0 Å². The molecule has 0 spiro atoms. The van der Waals surface area contributed by atoms with Crippen molar-refractivity contribution in [2.24, 2.45) is 4.99 Å². The molecule has 0 unspecified atom stereocenters. The van der Waals surface area contributed by atoms with Gasteiger partial charge in [0.25, 0.3) is 5.56 Å². The fourth-order valence-electron chi connectivity index (χ4n) is 2.39. The summed E-state index contributed by atoms with van der Waals surface area (Å²) in [5.74, 6) is 0.0615. The molecule has 5 nitrogen and oxygen atoms in total. The van der Waals surface area contributed by atoms with Gasteiger partial charge in [0.05, 0.1) is 11.3 Å². The Kier molecular flexibility index (Phi) is 4.66. The third-order valence-corrected chi connectivity index (χ3v) is 4.14. The van der Waals surface area contributed by atoms with Crippen LogP contribution >= 0.6 is 15.9 Å². The molecule has 0 amide bonds. The van der Waals surface area contributed by atoms with Crippen molar-refractivity contribution in [2.45, 2.75) is 13.3 Å². The fraction of sp³-hybridized carbons (Fsp3) is 0.111. The van der Waals surface area contributed by atoms with Gasteiger partial charge in [-0.15, -0.1) is 0 Å². The summed E-state index contributed by atoms with van der Waals surface area (Å²) in [6, 6.07) is 14.3. The number of hydrogen-bond donors (Lipinski definition) is 2. The summed E-state index contributed by atoms with van der Waals surface area (Å²) in [7, 11) is 0. The number of halogens is 1. The van der Waals surface area contributed by atoms with E-state index in [0.29, 0.717) is 17.7 Å². The van der Waals surface area contributed by atoms with Gasteiger partial charge < -0.3 is 5.11 Å². The lowest BCUT2D eigenvalue weighted by atomic mass is 10.2. The summed E-state index contributed by atoms with van der Waals surface area (Å²) in [5.41, 5.74) is 2.28. The van der Waals surface area contributed by atoms with Crippen LogP contribution in [-0.4, -0.2) is 21.1 Å². The Morgan fingerprint density at radius 3 is 2.71 bits per heavy atom. The molecule has 0 aliphatic carbocycles. The summed E-state index contributed by atoms with van der Waals surface area (Å²) in [5, 5.41) is 13.0. The molecule has 0 saturated carbocycles. The molecule has 0 atom stereocenters. The van der Waals surface area contributed by atoms with Crippen molar-refractivity contribution < 1.29 is 5.11 Å². The number of rotatable bonds is 4. The molecule has 3 rings (SSSR count). The zero-order valence-corrected chi connectivity index (χ0v) is 14.6. The number of aryl methyl sites for hydroxylation is 1. The van der Waals surface area contributed by atoms with Gasteiger partial charge in [0.15, 0.2) is 0 Å². The Morgan fingerprint density at radius 2 is 2.00 bits per heavy atom. The van der Waals surface area contributed by atoms with E-state index in [4.69, 9.17) is 0 Å². The highest BCUT2D eigenvalue weighted by Crippen LogP contribution is 2.29. The maximum Gasteiger partial charge on any atom is 0.280 e. The molecule has 0 fully saturated rings. The number of phenols is 1. The average Bonchev–Trinajstić information content (AvgIpc) is 2.92. The number of nitrogens with one attached hydrogen (secondary N) is 1. The molecule has 1 aromatic heterocycles. The normalized spacial score (nSPS) is 11.2. The molecule has 0 bridgehead atoms. The molecule has 24 heavy (non-hydrogen) atoms. The number of para-hydroxylation sites is 1. The second-order valence-corrected chi connectivity index (χ2v) is 6.14. The molecule has 3 aromatic rings. The average molecular weight is 386 g/mol. The predicted molar refractivity (Wildman–Crippen MR) is 98.8 cm³/mol. The van der Waals surface area contributed by atoms with E-state index >= 15 is 0 Å². The maximum absolute atomic E-state index is 12.7. The van der Waals surface area contributed by atoms with Crippen LogP contribution in [0.1, 0.15) is 18.2 Å². The first-order valence-electron chi connectivity index (χ1n) is 7.52. The van der Waals surface area contributed by atoms with Crippen LogP contribution in [0.25, 0.3) is 5.69 Å². The van der Waals surface area contributed by atoms with Gasteiger partial charge in [-0.3, -0.25) is 14.9 Å². The molecule has 1 heterocycles. The van der Waals surface area contributed by atoms with Crippen molar-refractivity contribution >= 4 is 27.8 Å². The van der Waals surface area contributed by atoms with Gasteiger partial charge in [-0.05, 0) is 36.8 Å². The third kappa shape index (κ3) is 3.19. The Labute approximate surface area is 147 Å². The fourth-order valence-corrected chi connectivity index (χ4v) is 2.74. The highest BCUT2D eigenvalue weighted by atomic mass is 79.9. The molecule has 0 radical (unpaired) electrons. The van der Waals surface area contributed by atoms with E-state index < -0.39 is 0 Å². The number of benzene rings is 2. The summed E-state index contributed by atoms with van der Waals surface area (Å²) >= 11 is 3.34. The molecule has 0 aliphatic heterocycles. The monoisotopic (exact) mass is 385 g/mol. The largest absolute Gasteiger partial charge is 0.506 e. The van der Waals surface area contributed by atoms with E-state index in [0.717, 1.165) is 15.9 Å². The number of phenolic OH excluding ortho intramolecular Hbond substituents is 1. The van der Waals surface area contributed by atoms with E-state index in [2.05, 4.69) is 26.0 Å². The molecule has 0 saturated heterocycles. The topological polar surface area (TPSA) is 70.4 Å². The first kappa shape index (κ1) is 16.3.